The number of unbranched alkanes of at least 4 members (excludes halogenated alkanes) is 1. The van der Waals surface area contributed by atoms with E-state index in [1.165, 1.54) is 17.1 Å². The number of anilines is 1. The van der Waals surface area contributed by atoms with Crippen molar-refractivity contribution in [3.63, 3.8) is 0 Å². The Morgan fingerprint density at radius 1 is 1.14 bits per heavy atom. The molecule has 10 nitrogen and oxygen atoms in total. The molecule has 0 spiro atoms. The van der Waals surface area contributed by atoms with Gasteiger partial charge in [0.25, 0.3) is 10.0 Å². The van der Waals surface area contributed by atoms with E-state index in [2.05, 4.69) is 26.7 Å². The summed E-state index contributed by atoms with van der Waals surface area (Å²) < 4.78 is 41.0. The summed E-state index contributed by atoms with van der Waals surface area (Å²) in [6.07, 6.45) is 5.01. The summed E-state index contributed by atoms with van der Waals surface area (Å²) in [5.74, 6) is 0.811. The van der Waals surface area contributed by atoms with Gasteiger partial charge in [-0.2, -0.15) is 10.1 Å². The summed E-state index contributed by atoms with van der Waals surface area (Å²) in [6.45, 7) is 8.23. The van der Waals surface area contributed by atoms with Crippen LogP contribution in [0.2, 0.25) is 0 Å². The van der Waals surface area contributed by atoms with Gasteiger partial charge in [0, 0.05) is 31.3 Å². The van der Waals surface area contributed by atoms with Gasteiger partial charge in [0.05, 0.1) is 30.7 Å². The van der Waals surface area contributed by atoms with Crippen molar-refractivity contribution in [1.82, 2.24) is 19.7 Å². The molecule has 1 aromatic carbocycles. The van der Waals surface area contributed by atoms with E-state index in [1.54, 1.807) is 27.0 Å². The Kier molecular flexibility index (Phi) is 8.34. The smallest absolute Gasteiger partial charge is 0.267 e. The molecule has 0 saturated carbocycles. The Labute approximate surface area is 206 Å². The minimum absolute atomic E-state index is 0.0109. The summed E-state index contributed by atoms with van der Waals surface area (Å²) in [4.78, 5) is 8.67. The van der Waals surface area contributed by atoms with Crippen molar-refractivity contribution in [2.45, 2.75) is 57.5 Å². The number of nitrogens with one attached hydrogen (secondary N) is 1. The maximum atomic E-state index is 12.8. The fourth-order valence-corrected chi connectivity index (χ4v) is 4.08. The van der Waals surface area contributed by atoms with Crippen molar-refractivity contribution in [2.75, 3.05) is 17.9 Å². The van der Waals surface area contributed by atoms with Gasteiger partial charge >= 0.3 is 0 Å². The zero-order valence-electron chi connectivity index (χ0n) is 20.8. The Morgan fingerprint density at radius 3 is 2.54 bits per heavy atom. The zero-order chi connectivity index (χ0) is 25.6. The van der Waals surface area contributed by atoms with E-state index >= 15 is 0 Å². The summed E-state index contributed by atoms with van der Waals surface area (Å²) in [5.41, 5.74) is 1.26. The molecule has 11 heteroatoms. The zero-order valence-corrected chi connectivity index (χ0v) is 21.6. The molecule has 2 N–H and O–H groups in total. The molecule has 0 aliphatic rings. The summed E-state index contributed by atoms with van der Waals surface area (Å²) in [7, 11) is -2.33. The molecule has 0 amide bonds. The molecule has 3 aromatic rings. The highest BCUT2D eigenvalue weighted by Crippen LogP contribution is 2.29. The standard InChI is InChI=1S/C24H33N5O5S/c1-6-7-11-33-18-8-9-20(17(2)13-18)21-14-22(34-12-10-24(3,4)30)27-23(26-21)28-35(31,32)19-15-25-29(5)16-19/h8-9,13-16,30H,6-7,10-12H2,1-5H3,(H,26,27,28). The molecule has 190 valence electrons. The maximum absolute atomic E-state index is 12.8. The van der Waals surface area contributed by atoms with E-state index in [-0.39, 0.29) is 23.3 Å². The van der Waals surface area contributed by atoms with Gasteiger partial charge in [-0.3, -0.25) is 4.68 Å². The lowest BCUT2D eigenvalue weighted by molar-refractivity contribution is 0.0547. The highest BCUT2D eigenvalue weighted by Gasteiger charge is 2.20. The molecule has 0 atom stereocenters. The first-order valence-electron chi connectivity index (χ1n) is 11.5. The summed E-state index contributed by atoms with van der Waals surface area (Å²) in [6, 6.07) is 7.29. The van der Waals surface area contributed by atoms with Gasteiger partial charge in [0.15, 0.2) is 0 Å². The van der Waals surface area contributed by atoms with E-state index in [1.807, 2.05) is 25.1 Å². The monoisotopic (exact) mass is 503 g/mol. The fraction of sp³-hybridized carbons (Fsp3) is 0.458. The van der Waals surface area contributed by atoms with Crippen LogP contribution in [0.25, 0.3) is 11.3 Å². The van der Waals surface area contributed by atoms with Gasteiger partial charge in [-0.05, 0) is 51.0 Å². The van der Waals surface area contributed by atoms with Crippen molar-refractivity contribution in [3.8, 4) is 22.9 Å². The molecule has 0 radical (unpaired) electrons. The van der Waals surface area contributed by atoms with E-state index in [4.69, 9.17) is 9.47 Å². The predicted octanol–water partition coefficient (Wildman–Crippen LogP) is 3.71. The van der Waals surface area contributed by atoms with Crippen LogP contribution in [0.15, 0.2) is 41.6 Å². The number of hydrogen-bond donors (Lipinski definition) is 2. The van der Waals surface area contributed by atoms with Crippen molar-refractivity contribution in [3.05, 3.63) is 42.2 Å². The highest BCUT2D eigenvalue weighted by molar-refractivity contribution is 7.92. The second-order valence-electron chi connectivity index (χ2n) is 8.96. The Bertz CT molecular complexity index is 1250. The van der Waals surface area contributed by atoms with E-state index < -0.39 is 15.6 Å². The highest BCUT2D eigenvalue weighted by atomic mass is 32.2. The number of hydrogen-bond acceptors (Lipinski definition) is 8. The number of aliphatic hydroxyl groups is 1. The number of nitrogens with zero attached hydrogens (tertiary/aromatic N) is 4. The third kappa shape index (κ3) is 7.66. The number of rotatable bonds is 12. The third-order valence-electron chi connectivity index (χ3n) is 5.12. The summed E-state index contributed by atoms with van der Waals surface area (Å²) >= 11 is 0. The van der Waals surface area contributed by atoms with Gasteiger partial charge in [-0.1, -0.05) is 13.3 Å². The average Bonchev–Trinajstić information content (AvgIpc) is 3.20. The number of sulfonamides is 1. The fourth-order valence-electron chi connectivity index (χ4n) is 3.15. The van der Waals surface area contributed by atoms with Gasteiger partial charge in [-0.15, -0.1) is 0 Å². The van der Waals surface area contributed by atoms with Crippen LogP contribution in [0.5, 0.6) is 11.6 Å². The lowest BCUT2D eigenvalue weighted by Crippen LogP contribution is -2.22. The third-order valence-corrected chi connectivity index (χ3v) is 6.41. The lowest BCUT2D eigenvalue weighted by Gasteiger charge is -2.17. The van der Waals surface area contributed by atoms with Gasteiger partial charge < -0.3 is 14.6 Å². The van der Waals surface area contributed by atoms with Gasteiger partial charge in [0.1, 0.15) is 10.6 Å². The number of aromatic nitrogens is 4. The molecule has 2 heterocycles. The largest absolute Gasteiger partial charge is 0.494 e. The average molecular weight is 504 g/mol. The maximum Gasteiger partial charge on any atom is 0.267 e. The quantitative estimate of drug-likeness (QED) is 0.358. The molecule has 0 aliphatic carbocycles. The van der Waals surface area contributed by atoms with Crippen molar-refractivity contribution in [1.29, 1.82) is 0 Å². The van der Waals surface area contributed by atoms with Crippen LogP contribution in [-0.4, -0.2) is 52.1 Å². The molecule has 2 aromatic heterocycles. The van der Waals surface area contributed by atoms with Crippen LogP contribution < -0.4 is 14.2 Å². The van der Waals surface area contributed by atoms with Crippen LogP contribution in [0, 0.1) is 6.92 Å². The Hall–Kier alpha value is -3.18. The van der Waals surface area contributed by atoms with Crippen LogP contribution in [0.1, 0.15) is 45.6 Å². The summed E-state index contributed by atoms with van der Waals surface area (Å²) in [5, 5.41) is 13.9. The number of aryl methyl sites for hydroxylation is 2. The second kappa shape index (κ2) is 11.0. The predicted molar refractivity (Wildman–Crippen MR) is 133 cm³/mol. The molecule has 0 bridgehead atoms. The first-order valence-corrected chi connectivity index (χ1v) is 12.9. The van der Waals surface area contributed by atoms with E-state index in [0.29, 0.717) is 18.7 Å². The molecular formula is C24H33N5O5S. The topological polar surface area (TPSA) is 128 Å². The molecular weight excluding hydrogens is 470 g/mol. The first-order chi connectivity index (χ1) is 16.5. The SMILES string of the molecule is CCCCOc1ccc(-c2cc(OCCC(C)(C)O)nc(NS(=O)(=O)c3cnn(C)c3)n2)c(C)c1. The molecule has 35 heavy (non-hydrogen) atoms. The van der Waals surface area contributed by atoms with Crippen LogP contribution >= 0.6 is 0 Å². The lowest BCUT2D eigenvalue weighted by atomic mass is 10.1. The molecule has 3 rings (SSSR count). The number of ether oxygens (including phenoxy) is 2. The molecule has 0 aliphatic heterocycles. The molecule has 0 unspecified atom stereocenters. The van der Waals surface area contributed by atoms with Crippen molar-refractivity contribution >= 4 is 16.0 Å². The van der Waals surface area contributed by atoms with Crippen LogP contribution in [0.3, 0.4) is 0 Å². The van der Waals surface area contributed by atoms with E-state index in [0.717, 1.165) is 29.7 Å². The normalized spacial score (nSPS) is 11.9. The van der Waals surface area contributed by atoms with E-state index in [9.17, 15) is 13.5 Å². The second-order valence-corrected chi connectivity index (χ2v) is 10.6. The molecule has 0 saturated heterocycles. The van der Waals surface area contributed by atoms with Crippen LogP contribution in [0.4, 0.5) is 5.95 Å². The Balaban J connectivity index is 1.93. The minimum Gasteiger partial charge on any atom is -0.494 e. The first kappa shape index (κ1) is 26.4. The molecule has 0 fully saturated rings. The minimum atomic E-state index is -3.96. The van der Waals surface area contributed by atoms with Crippen molar-refractivity contribution < 1.29 is 23.0 Å². The van der Waals surface area contributed by atoms with Gasteiger partial charge in [-0.25, -0.2) is 18.1 Å². The number of benzene rings is 1. The van der Waals surface area contributed by atoms with Crippen LogP contribution in [-0.2, 0) is 17.1 Å². The van der Waals surface area contributed by atoms with Gasteiger partial charge in [0.2, 0.25) is 11.8 Å². The Morgan fingerprint density at radius 2 is 1.91 bits per heavy atom. The van der Waals surface area contributed by atoms with Crippen molar-refractivity contribution in [2.24, 2.45) is 7.05 Å².